The van der Waals surface area contributed by atoms with Gasteiger partial charge in [0.15, 0.2) is 0 Å². The molecule has 0 aromatic heterocycles. The van der Waals surface area contributed by atoms with Crippen LogP contribution in [0.25, 0.3) is 0 Å². The van der Waals surface area contributed by atoms with Crippen molar-refractivity contribution in [2.75, 3.05) is 32.1 Å². The van der Waals surface area contributed by atoms with E-state index in [4.69, 9.17) is 16.3 Å². The number of methoxy groups -OCH3 is 1. The van der Waals surface area contributed by atoms with E-state index in [0.717, 1.165) is 31.5 Å². The van der Waals surface area contributed by atoms with E-state index in [-0.39, 0.29) is 36.6 Å². The second kappa shape index (κ2) is 10.5. The fraction of sp³-hybridized carbons (Fsp3) is 0.529. The van der Waals surface area contributed by atoms with Crippen LogP contribution in [-0.2, 0) is 9.59 Å². The molecule has 140 valence electrons. The van der Waals surface area contributed by atoms with E-state index < -0.39 is 0 Å². The van der Waals surface area contributed by atoms with E-state index in [9.17, 15) is 9.59 Å². The number of hydrogen-bond acceptors (Lipinski definition) is 4. The molecular formula is C17H25Cl2N3O3. The molecule has 25 heavy (non-hydrogen) atoms. The van der Waals surface area contributed by atoms with E-state index in [2.05, 4.69) is 16.0 Å². The number of piperidine rings is 1. The number of nitrogens with one attached hydrogen (secondary N) is 3. The first-order chi connectivity index (χ1) is 11.5. The number of halogens is 2. The monoisotopic (exact) mass is 389 g/mol. The van der Waals surface area contributed by atoms with E-state index in [1.807, 2.05) is 6.92 Å². The van der Waals surface area contributed by atoms with Crippen molar-refractivity contribution in [3.05, 3.63) is 22.7 Å². The van der Waals surface area contributed by atoms with Crippen LogP contribution in [0.2, 0.25) is 5.02 Å². The Morgan fingerprint density at radius 3 is 2.64 bits per heavy atom. The van der Waals surface area contributed by atoms with Crippen molar-refractivity contribution in [3.63, 3.8) is 0 Å². The molecule has 0 saturated carbocycles. The molecular weight excluding hydrogens is 365 g/mol. The third kappa shape index (κ3) is 6.38. The first-order valence-electron chi connectivity index (χ1n) is 8.13. The van der Waals surface area contributed by atoms with Crippen molar-refractivity contribution in [1.29, 1.82) is 0 Å². The summed E-state index contributed by atoms with van der Waals surface area (Å²) in [5.74, 6) is 0.413. The fourth-order valence-electron chi connectivity index (χ4n) is 2.67. The zero-order valence-electron chi connectivity index (χ0n) is 14.5. The third-order valence-electron chi connectivity index (χ3n) is 4.12. The topological polar surface area (TPSA) is 79.5 Å². The number of ether oxygens (including phenoxy) is 1. The van der Waals surface area contributed by atoms with Crippen molar-refractivity contribution in [2.24, 2.45) is 5.92 Å². The number of hydrogen-bond donors (Lipinski definition) is 3. The second-order valence-corrected chi connectivity index (χ2v) is 6.32. The van der Waals surface area contributed by atoms with E-state index in [0.29, 0.717) is 23.0 Å². The van der Waals surface area contributed by atoms with Gasteiger partial charge in [0.05, 0.1) is 12.8 Å². The molecule has 0 atom stereocenters. The minimum absolute atomic E-state index is 0. The number of rotatable bonds is 6. The molecule has 1 aliphatic heterocycles. The molecule has 0 spiro atoms. The number of benzene rings is 1. The average Bonchev–Trinajstić information content (AvgIpc) is 2.58. The summed E-state index contributed by atoms with van der Waals surface area (Å²) in [4.78, 5) is 24.1. The Hall–Kier alpha value is -1.50. The van der Waals surface area contributed by atoms with Crippen molar-refractivity contribution in [2.45, 2.75) is 26.2 Å². The lowest BCUT2D eigenvalue weighted by Crippen LogP contribution is -2.39. The summed E-state index contributed by atoms with van der Waals surface area (Å²) >= 11 is 6.05. The third-order valence-corrected chi connectivity index (χ3v) is 4.52. The van der Waals surface area contributed by atoms with Gasteiger partial charge in [0.25, 0.3) is 0 Å². The highest BCUT2D eigenvalue weighted by molar-refractivity contribution is 6.31. The fourth-order valence-corrected chi connectivity index (χ4v) is 2.82. The molecule has 8 heteroatoms. The van der Waals surface area contributed by atoms with Crippen molar-refractivity contribution in [1.82, 2.24) is 10.6 Å². The van der Waals surface area contributed by atoms with Gasteiger partial charge in [-0.15, -0.1) is 12.4 Å². The summed E-state index contributed by atoms with van der Waals surface area (Å²) in [6, 6.07) is 3.44. The highest BCUT2D eigenvalue weighted by Gasteiger charge is 2.20. The van der Waals surface area contributed by atoms with Crippen LogP contribution in [0.4, 0.5) is 5.69 Å². The van der Waals surface area contributed by atoms with Crippen LogP contribution in [0.3, 0.4) is 0 Å². The van der Waals surface area contributed by atoms with Crippen molar-refractivity contribution < 1.29 is 14.3 Å². The Bertz CT molecular complexity index is 605. The maximum Gasteiger partial charge on any atom is 0.226 e. The van der Waals surface area contributed by atoms with E-state index >= 15 is 0 Å². The molecule has 0 bridgehead atoms. The molecule has 0 unspecified atom stereocenters. The smallest absolute Gasteiger partial charge is 0.226 e. The SMILES string of the molecule is COc1cc(Cl)c(C)cc1NC(=O)CCNC(=O)C1CCNCC1.Cl. The molecule has 2 rings (SSSR count). The van der Waals surface area contributed by atoms with Gasteiger partial charge in [0, 0.05) is 30.0 Å². The number of carbonyl (C=O) groups excluding carboxylic acids is 2. The van der Waals surface area contributed by atoms with Gasteiger partial charge in [-0.1, -0.05) is 11.6 Å². The van der Waals surface area contributed by atoms with E-state index in [1.165, 1.54) is 7.11 Å². The Labute approximate surface area is 159 Å². The van der Waals surface area contributed by atoms with Crippen LogP contribution in [0.5, 0.6) is 5.75 Å². The molecule has 3 N–H and O–H groups in total. The zero-order valence-corrected chi connectivity index (χ0v) is 16.1. The largest absolute Gasteiger partial charge is 0.495 e. The maximum absolute atomic E-state index is 12.1. The summed E-state index contributed by atoms with van der Waals surface area (Å²) in [5.41, 5.74) is 1.43. The molecule has 0 aliphatic carbocycles. The summed E-state index contributed by atoms with van der Waals surface area (Å²) in [7, 11) is 1.52. The molecule has 1 saturated heterocycles. The van der Waals surface area contributed by atoms with Crippen LogP contribution in [0.1, 0.15) is 24.8 Å². The van der Waals surface area contributed by atoms with Gasteiger partial charge < -0.3 is 20.7 Å². The van der Waals surface area contributed by atoms with Gasteiger partial charge in [-0.25, -0.2) is 0 Å². The van der Waals surface area contributed by atoms with Crippen LogP contribution in [0.15, 0.2) is 12.1 Å². The van der Waals surface area contributed by atoms with Crippen LogP contribution >= 0.6 is 24.0 Å². The molecule has 1 aromatic carbocycles. The zero-order chi connectivity index (χ0) is 17.5. The molecule has 6 nitrogen and oxygen atoms in total. The van der Waals surface area contributed by atoms with Crippen LogP contribution in [-0.4, -0.2) is 38.6 Å². The van der Waals surface area contributed by atoms with Crippen LogP contribution < -0.4 is 20.7 Å². The lowest BCUT2D eigenvalue weighted by atomic mass is 9.97. The predicted molar refractivity (Wildman–Crippen MR) is 102 cm³/mol. The van der Waals surface area contributed by atoms with Gasteiger partial charge in [-0.05, 0) is 44.5 Å². The quantitative estimate of drug-likeness (QED) is 0.698. The van der Waals surface area contributed by atoms with Gasteiger partial charge in [0.1, 0.15) is 5.75 Å². The normalized spacial score (nSPS) is 14.4. The summed E-state index contributed by atoms with van der Waals surface area (Å²) in [5, 5.41) is 9.44. The minimum Gasteiger partial charge on any atom is -0.495 e. The Balaban J connectivity index is 0.00000312. The second-order valence-electron chi connectivity index (χ2n) is 5.92. The average molecular weight is 390 g/mol. The Kier molecular flexibility index (Phi) is 9.03. The van der Waals surface area contributed by atoms with Gasteiger partial charge in [0.2, 0.25) is 11.8 Å². The van der Waals surface area contributed by atoms with Crippen molar-refractivity contribution in [3.8, 4) is 5.75 Å². The Morgan fingerprint density at radius 2 is 2.00 bits per heavy atom. The molecule has 1 aliphatic rings. The standard InChI is InChI=1S/C17H24ClN3O3.ClH/c1-11-9-14(15(24-2)10-13(11)18)21-16(22)5-8-20-17(23)12-3-6-19-7-4-12;/h9-10,12,19H,3-8H2,1-2H3,(H,20,23)(H,21,22);1H. The molecule has 1 fully saturated rings. The maximum atomic E-state index is 12.1. The molecule has 1 aromatic rings. The summed E-state index contributed by atoms with van der Waals surface area (Å²) in [6.07, 6.45) is 1.90. The lowest BCUT2D eigenvalue weighted by molar-refractivity contribution is -0.125. The molecule has 2 amide bonds. The molecule has 1 heterocycles. The number of amides is 2. The highest BCUT2D eigenvalue weighted by atomic mass is 35.5. The van der Waals surface area contributed by atoms with Gasteiger partial charge in [-0.2, -0.15) is 0 Å². The van der Waals surface area contributed by atoms with Gasteiger partial charge >= 0.3 is 0 Å². The van der Waals surface area contributed by atoms with Crippen LogP contribution in [0, 0.1) is 12.8 Å². The lowest BCUT2D eigenvalue weighted by Gasteiger charge is -2.21. The number of anilines is 1. The van der Waals surface area contributed by atoms with Gasteiger partial charge in [-0.3, -0.25) is 9.59 Å². The summed E-state index contributed by atoms with van der Waals surface area (Å²) < 4.78 is 5.23. The first-order valence-corrected chi connectivity index (χ1v) is 8.51. The number of carbonyl (C=O) groups is 2. The predicted octanol–water partition coefficient (Wildman–Crippen LogP) is 2.52. The summed E-state index contributed by atoms with van der Waals surface area (Å²) in [6.45, 7) is 3.92. The minimum atomic E-state index is -0.180. The Morgan fingerprint density at radius 1 is 1.32 bits per heavy atom. The molecule has 0 radical (unpaired) electrons. The first kappa shape index (κ1) is 21.5. The van der Waals surface area contributed by atoms with E-state index in [1.54, 1.807) is 12.1 Å². The van der Waals surface area contributed by atoms with Crippen molar-refractivity contribution >= 4 is 41.5 Å². The highest BCUT2D eigenvalue weighted by Crippen LogP contribution is 2.30. The number of aryl methyl sites for hydroxylation is 1.